The van der Waals surface area contributed by atoms with Gasteiger partial charge >= 0.3 is 0 Å². The van der Waals surface area contributed by atoms with Crippen LogP contribution in [0.4, 0.5) is 5.69 Å². The maximum absolute atomic E-state index is 11.7. The predicted molar refractivity (Wildman–Crippen MR) is 52.7 cm³/mol. The van der Waals surface area contributed by atoms with Crippen molar-refractivity contribution in [3.63, 3.8) is 0 Å². The molecule has 5 nitrogen and oxygen atoms in total. The molecule has 1 aliphatic heterocycles. The molecule has 1 amide bonds. The summed E-state index contributed by atoms with van der Waals surface area (Å²) in [6.07, 6.45) is 2.41. The number of amides is 1. The van der Waals surface area contributed by atoms with Crippen LogP contribution in [-0.4, -0.2) is 34.2 Å². The van der Waals surface area contributed by atoms with E-state index in [0.717, 1.165) is 18.7 Å². The number of aromatic nitrogens is 2. The quantitative estimate of drug-likeness (QED) is 0.693. The number of hydrogen-bond acceptors (Lipinski definition) is 3. The Morgan fingerprint density at radius 1 is 1.64 bits per heavy atom. The minimum atomic E-state index is -0.155. The van der Waals surface area contributed by atoms with Gasteiger partial charge < -0.3 is 10.6 Å². The highest BCUT2D eigenvalue weighted by molar-refractivity contribution is 5.82. The number of nitrogen functional groups attached to an aromatic ring is 1. The Bertz CT molecular complexity index is 371. The van der Waals surface area contributed by atoms with Crippen LogP contribution in [0.2, 0.25) is 0 Å². The summed E-state index contributed by atoms with van der Waals surface area (Å²) in [5, 5.41) is 4.13. The van der Waals surface area contributed by atoms with Gasteiger partial charge in [0.25, 0.3) is 0 Å². The second-order valence-corrected chi connectivity index (χ2v) is 3.69. The molecule has 14 heavy (non-hydrogen) atoms. The second kappa shape index (κ2) is 3.01. The average Bonchev–Trinajstić information content (AvgIpc) is 2.63. The fourth-order valence-electron chi connectivity index (χ4n) is 1.78. The number of carbonyl (C=O) groups is 1. The molecule has 1 aromatic rings. The Hall–Kier alpha value is -1.52. The summed E-state index contributed by atoms with van der Waals surface area (Å²) in [7, 11) is 1.81. The normalized spacial score (nSPS) is 22.0. The molecule has 2 N–H and O–H groups in total. The number of anilines is 1. The van der Waals surface area contributed by atoms with Crippen molar-refractivity contribution >= 4 is 11.6 Å². The Morgan fingerprint density at radius 2 is 2.36 bits per heavy atom. The van der Waals surface area contributed by atoms with Crippen LogP contribution in [0.5, 0.6) is 0 Å². The molecular formula is C9H14N4O. The first kappa shape index (κ1) is 9.05. The van der Waals surface area contributed by atoms with Gasteiger partial charge in [0.1, 0.15) is 6.04 Å². The summed E-state index contributed by atoms with van der Waals surface area (Å²) in [6, 6.07) is -0.155. The Kier molecular flexibility index (Phi) is 1.94. The van der Waals surface area contributed by atoms with E-state index in [9.17, 15) is 4.79 Å². The van der Waals surface area contributed by atoms with E-state index in [2.05, 4.69) is 5.10 Å². The molecule has 1 fully saturated rings. The van der Waals surface area contributed by atoms with Crippen LogP contribution in [0.15, 0.2) is 6.20 Å². The lowest BCUT2D eigenvalue weighted by Crippen LogP contribution is -2.25. The summed E-state index contributed by atoms with van der Waals surface area (Å²) >= 11 is 0. The number of carbonyl (C=O) groups excluding carboxylic acids is 1. The summed E-state index contributed by atoms with van der Waals surface area (Å²) in [5.74, 6) is 0.121. The zero-order valence-electron chi connectivity index (χ0n) is 8.40. The molecule has 5 heteroatoms. The molecule has 76 valence electrons. The molecular weight excluding hydrogens is 180 g/mol. The van der Waals surface area contributed by atoms with Gasteiger partial charge in [-0.1, -0.05) is 0 Å². The number of likely N-dealkylation sites (N-methyl/N-ethyl adjacent to an activating group) is 1. The maximum atomic E-state index is 11.7. The van der Waals surface area contributed by atoms with Crippen molar-refractivity contribution in [1.29, 1.82) is 0 Å². The maximum Gasteiger partial charge on any atom is 0.247 e. The van der Waals surface area contributed by atoms with Crippen LogP contribution in [0.1, 0.15) is 18.2 Å². The van der Waals surface area contributed by atoms with Crippen LogP contribution in [0, 0.1) is 6.92 Å². The standard InChI is InChI=1S/C9H14N4O/c1-6-7(10)5-11-13(6)8-3-4-12(2)9(8)14/h5,8H,3-4,10H2,1-2H3. The molecule has 1 aliphatic rings. The molecule has 0 spiro atoms. The topological polar surface area (TPSA) is 64.2 Å². The number of nitrogens with two attached hydrogens (primary N) is 1. The molecule has 0 saturated carbocycles. The van der Waals surface area contributed by atoms with E-state index >= 15 is 0 Å². The van der Waals surface area contributed by atoms with Crippen molar-refractivity contribution in [1.82, 2.24) is 14.7 Å². The van der Waals surface area contributed by atoms with Crippen molar-refractivity contribution in [2.24, 2.45) is 0 Å². The van der Waals surface area contributed by atoms with Gasteiger partial charge in [-0.25, -0.2) is 0 Å². The smallest absolute Gasteiger partial charge is 0.247 e. The first-order valence-corrected chi connectivity index (χ1v) is 4.66. The number of likely N-dealkylation sites (tertiary alicyclic amines) is 1. The fourth-order valence-corrected chi connectivity index (χ4v) is 1.78. The molecule has 1 atom stereocenters. The fraction of sp³-hybridized carbons (Fsp3) is 0.556. The minimum Gasteiger partial charge on any atom is -0.396 e. The molecule has 0 bridgehead atoms. The van der Waals surface area contributed by atoms with Crippen molar-refractivity contribution in [3.8, 4) is 0 Å². The monoisotopic (exact) mass is 194 g/mol. The van der Waals surface area contributed by atoms with Crippen LogP contribution < -0.4 is 5.73 Å². The van der Waals surface area contributed by atoms with Crippen molar-refractivity contribution in [2.75, 3.05) is 19.3 Å². The van der Waals surface area contributed by atoms with Gasteiger partial charge in [0.15, 0.2) is 0 Å². The zero-order chi connectivity index (χ0) is 10.3. The molecule has 1 aromatic heterocycles. The Morgan fingerprint density at radius 3 is 2.79 bits per heavy atom. The SMILES string of the molecule is Cc1c(N)cnn1C1CCN(C)C1=O. The summed E-state index contributed by atoms with van der Waals surface area (Å²) in [5.41, 5.74) is 7.20. The Labute approximate surface area is 82.5 Å². The molecule has 1 saturated heterocycles. The van der Waals surface area contributed by atoms with Gasteiger partial charge in [0.05, 0.1) is 17.6 Å². The first-order valence-electron chi connectivity index (χ1n) is 4.66. The van der Waals surface area contributed by atoms with Crippen LogP contribution in [0.3, 0.4) is 0 Å². The summed E-state index contributed by atoms with van der Waals surface area (Å²) in [4.78, 5) is 13.4. The highest BCUT2D eigenvalue weighted by Gasteiger charge is 2.32. The van der Waals surface area contributed by atoms with E-state index in [1.807, 2.05) is 14.0 Å². The van der Waals surface area contributed by atoms with Crippen molar-refractivity contribution in [3.05, 3.63) is 11.9 Å². The first-order chi connectivity index (χ1) is 6.61. The third kappa shape index (κ3) is 1.16. The molecule has 0 aromatic carbocycles. The van der Waals surface area contributed by atoms with Crippen LogP contribution in [0.25, 0.3) is 0 Å². The minimum absolute atomic E-state index is 0.121. The molecule has 1 unspecified atom stereocenters. The second-order valence-electron chi connectivity index (χ2n) is 3.69. The molecule has 2 heterocycles. The van der Waals surface area contributed by atoms with E-state index in [-0.39, 0.29) is 11.9 Å². The lowest BCUT2D eigenvalue weighted by molar-refractivity contribution is -0.129. The van der Waals surface area contributed by atoms with Gasteiger partial charge in [-0.2, -0.15) is 5.10 Å². The largest absolute Gasteiger partial charge is 0.396 e. The summed E-state index contributed by atoms with van der Waals surface area (Å²) < 4.78 is 1.72. The van der Waals surface area contributed by atoms with Crippen molar-refractivity contribution in [2.45, 2.75) is 19.4 Å². The van der Waals surface area contributed by atoms with E-state index < -0.39 is 0 Å². The van der Waals surface area contributed by atoms with Crippen LogP contribution >= 0.6 is 0 Å². The highest BCUT2D eigenvalue weighted by Crippen LogP contribution is 2.24. The van der Waals surface area contributed by atoms with Gasteiger partial charge in [-0.15, -0.1) is 0 Å². The molecule has 2 rings (SSSR count). The number of nitrogens with zero attached hydrogens (tertiary/aromatic N) is 3. The van der Waals surface area contributed by atoms with Gasteiger partial charge in [0, 0.05) is 13.6 Å². The Balaban J connectivity index is 2.32. The van der Waals surface area contributed by atoms with E-state index in [1.165, 1.54) is 0 Å². The van der Waals surface area contributed by atoms with E-state index in [4.69, 9.17) is 5.73 Å². The third-order valence-electron chi connectivity index (χ3n) is 2.78. The summed E-state index contributed by atoms with van der Waals surface area (Å²) in [6.45, 7) is 2.68. The molecule has 0 radical (unpaired) electrons. The van der Waals surface area contributed by atoms with E-state index in [1.54, 1.807) is 15.8 Å². The van der Waals surface area contributed by atoms with E-state index in [0.29, 0.717) is 5.69 Å². The average molecular weight is 194 g/mol. The van der Waals surface area contributed by atoms with Crippen molar-refractivity contribution < 1.29 is 4.79 Å². The third-order valence-corrected chi connectivity index (χ3v) is 2.78. The number of hydrogen-bond donors (Lipinski definition) is 1. The van der Waals surface area contributed by atoms with Gasteiger partial charge in [-0.05, 0) is 13.3 Å². The number of rotatable bonds is 1. The van der Waals surface area contributed by atoms with Gasteiger partial charge in [-0.3, -0.25) is 9.48 Å². The van der Waals surface area contributed by atoms with Gasteiger partial charge in [0.2, 0.25) is 5.91 Å². The highest BCUT2D eigenvalue weighted by atomic mass is 16.2. The zero-order valence-corrected chi connectivity index (χ0v) is 8.40. The lowest BCUT2D eigenvalue weighted by atomic mass is 10.2. The van der Waals surface area contributed by atoms with Crippen LogP contribution in [-0.2, 0) is 4.79 Å². The predicted octanol–water partition coefficient (Wildman–Crippen LogP) is 0.177. The molecule has 0 aliphatic carbocycles. The lowest BCUT2D eigenvalue weighted by Gasteiger charge is -2.12.